The summed E-state index contributed by atoms with van der Waals surface area (Å²) in [4.78, 5) is 31.1. The van der Waals surface area contributed by atoms with Crippen molar-refractivity contribution in [1.29, 1.82) is 0 Å². The summed E-state index contributed by atoms with van der Waals surface area (Å²) in [5.74, 6) is -0.592. The molecule has 3 aromatic rings. The number of rotatable bonds is 4. The average molecular weight is 453 g/mol. The highest BCUT2D eigenvalue weighted by atomic mass is 35.5. The first kappa shape index (κ1) is 21.1. The van der Waals surface area contributed by atoms with Gasteiger partial charge in [0.1, 0.15) is 5.69 Å². The van der Waals surface area contributed by atoms with E-state index in [1.165, 1.54) is 21.7 Å². The highest BCUT2D eigenvalue weighted by Crippen LogP contribution is 2.31. The van der Waals surface area contributed by atoms with E-state index in [2.05, 4.69) is 15.4 Å². The zero-order valence-corrected chi connectivity index (χ0v) is 18.0. The number of benzene rings is 1. The third kappa shape index (κ3) is 4.37. The van der Waals surface area contributed by atoms with Gasteiger partial charge in [-0.2, -0.15) is 5.10 Å². The van der Waals surface area contributed by atoms with Crippen LogP contribution in [-0.4, -0.2) is 45.6 Å². The largest absolute Gasteiger partial charge is 0.345 e. The van der Waals surface area contributed by atoms with Crippen LogP contribution in [0.4, 0.5) is 5.69 Å². The van der Waals surface area contributed by atoms with Gasteiger partial charge in [-0.3, -0.25) is 9.59 Å². The van der Waals surface area contributed by atoms with Crippen molar-refractivity contribution in [2.75, 3.05) is 19.4 Å². The number of halogens is 3. The third-order valence-corrected chi connectivity index (χ3v) is 4.75. The first-order valence-corrected chi connectivity index (χ1v) is 9.52. The Labute approximate surface area is 182 Å². The minimum atomic E-state index is -0.538. The number of nitrogens with one attached hydrogen (secondary N) is 1. The summed E-state index contributed by atoms with van der Waals surface area (Å²) in [5, 5.41) is 7.74. The molecule has 0 aliphatic heterocycles. The smallest absolute Gasteiger partial charge is 0.274 e. The van der Waals surface area contributed by atoms with Gasteiger partial charge >= 0.3 is 0 Å². The molecular weight excluding hydrogens is 437 g/mol. The highest BCUT2D eigenvalue weighted by Gasteiger charge is 2.23. The van der Waals surface area contributed by atoms with E-state index in [1.807, 2.05) is 0 Å². The predicted molar refractivity (Wildman–Crippen MR) is 114 cm³/mol. The minimum absolute atomic E-state index is 0.134. The van der Waals surface area contributed by atoms with Crippen molar-refractivity contribution >= 4 is 52.3 Å². The van der Waals surface area contributed by atoms with E-state index in [1.54, 1.807) is 45.4 Å². The Kier molecular flexibility index (Phi) is 6.12. The molecule has 0 atom stereocenters. The topological polar surface area (TPSA) is 80.1 Å². The monoisotopic (exact) mass is 451 g/mol. The van der Waals surface area contributed by atoms with Gasteiger partial charge in [0.25, 0.3) is 11.8 Å². The van der Waals surface area contributed by atoms with Crippen LogP contribution >= 0.6 is 34.8 Å². The van der Waals surface area contributed by atoms with E-state index in [4.69, 9.17) is 34.8 Å². The second-order valence-corrected chi connectivity index (χ2v) is 7.61. The number of amides is 2. The molecule has 7 nitrogen and oxygen atoms in total. The van der Waals surface area contributed by atoms with E-state index in [0.717, 1.165) is 0 Å². The van der Waals surface area contributed by atoms with Crippen LogP contribution in [0.15, 0.2) is 36.5 Å². The molecule has 10 heteroatoms. The fourth-order valence-corrected chi connectivity index (χ4v) is 3.39. The Balaban J connectivity index is 2.05. The van der Waals surface area contributed by atoms with Crippen molar-refractivity contribution in [3.8, 4) is 5.82 Å². The molecule has 1 N–H and O–H groups in total. The van der Waals surface area contributed by atoms with Crippen LogP contribution in [0.5, 0.6) is 0 Å². The lowest BCUT2D eigenvalue weighted by atomic mass is 10.1. The second kappa shape index (κ2) is 8.41. The first-order valence-electron chi connectivity index (χ1n) is 8.38. The SMILES string of the molecule is Cc1cc(C(=O)Nc2c(Cl)cc(Cl)cc2C(=O)N(C)C)n(-c2ncccc2Cl)n1. The van der Waals surface area contributed by atoms with E-state index < -0.39 is 5.91 Å². The van der Waals surface area contributed by atoms with Crippen molar-refractivity contribution in [3.05, 3.63) is 68.5 Å². The zero-order chi connectivity index (χ0) is 21.3. The van der Waals surface area contributed by atoms with E-state index in [9.17, 15) is 9.59 Å². The standard InChI is InChI=1S/C19H16Cl3N5O2/c1-10-7-15(27(25-10)17-13(21)5-4-6-23-17)18(28)24-16-12(19(29)26(2)3)8-11(20)9-14(16)22/h4-9H,1-3H3,(H,24,28). The van der Waals surface area contributed by atoms with Gasteiger partial charge in [-0.15, -0.1) is 0 Å². The Bertz CT molecular complexity index is 1110. The molecule has 0 saturated carbocycles. The third-order valence-electron chi connectivity index (χ3n) is 3.93. The molecule has 0 bridgehead atoms. The summed E-state index contributed by atoms with van der Waals surface area (Å²) < 4.78 is 1.34. The van der Waals surface area contributed by atoms with E-state index in [0.29, 0.717) is 16.5 Å². The molecule has 0 aliphatic rings. The lowest BCUT2D eigenvalue weighted by molar-refractivity contribution is 0.0828. The Morgan fingerprint density at radius 2 is 1.83 bits per heavy atom. The molecule has 29 heavy (non-hydrogen) atoms. The molecule has 0 fully saturated rings. The van der Waals surface area contributed by atoms with Gasteiger partial charge in [0, 0.05) is 25.3 Å². The fourth-order valence-electron chi connectivity index (χ4n) is 2.64. The molecule has 3 rings (SSSR count). The summed E-state index contributed by atoms with van der Waals surface area (Å²) >= 11 is 18.5. The molecule has 0 spiro atoms. The number of anilines is 1. The molecule has 0 saturated heterocycles. The molecule has 2 amide bonds. The molecule has 0 unspecified atom stereocenters. The summed E-state index contributed by atoms with van der Waals surface area (Å²) in [6.07, 6.45) is 1.55. The predicted octanol–water partition coefficient (Wildman–Crippen LogP) is 4.49. The lowest BCUT2D eigenvalue weighted by Crippen LogP contribution is -2.25. The number of carbonyl (C=O) groups excluding carboxylic acids is 2. The summed E-state index contributed by atoms with van der Waals surface area (Å²) in [6, 6.07) is 7.80. The number of aromatic nitrogens is 3. The van der Waals surface area contributed by atoms with Gasteiger partial charge in [0.15, 0.2) is 5.82 Å². The maximum absolute atomic E-state index is 13.1. The quantitative estimate of drug-likeness (QED) is 0.632. The van der Waals surface area contributed by atoms with Gasteiger partial charge in [-0.05, 0) is 37.3 Å². The zero-order valence-electron chi connectivity index (χ0n) is 15.7. The number of pyridine rings is 1. The molecular formula is C19H16Cl3N5O2. The van der Waals surface area contributed by atoms with Crippen LogP contribution in [0.2, 0.25) is 15.1 Å². The van der Waals surface area contributed by atoms with Crippen molar-refractivity contribution in [2.45, 2.75) is 6.92 Å². The number of aryl methyl sites for hydroxylation is 1. The van der Waals surface area contributed by atoms with Crippen LogP contribution in [0.1, 0.15) is 26.5 Å². The molecule has 2 aromatic heterocycles. The number of carbonyl (C=O) groups is 2. The van der Waals surface area contributed by atoms with Crippen molar-refractivity contribution in [2.24, 2.45) is 0 Å². The maximum atomic E-state index is 13.1. The average Bonchev–Trinajstić information content (AvgIpc) is 3.05. The van der Waals surface area contributed by atoms with Gasteiger partial charge in [0.05, 0.1) is 27.0 Å². The van der Waals surface area contributed by atoms with Gasteiger partial charge in [0.2, 0.25) is 0 Å². The van der Waals surface area contributed by atoms with E-state index in [-0.39, 0.29) is 32.9 Å². The Morgan fingerprint density at radius 3 is 2.48 bits per heavy atom. The van der Waals surface area contributed by atoms with Crippen LogP contribution in [0.3, 0.4) is 0 Å². The number of hydrogen-bond acceptors (Lipinski definition) is 4. The highest BCUT2D eigenvalue weighted by molar-refractivity contribution is 6.38. The fraction of sp³-hybridized carbons (Fsp3) is 0.158. The lowest BCUT2D eigenvalue weighted by Gasteiger charge is -2.17. The minimum Gasteiger partial charge on any atom is -0.345 e. The Morgan fingerprint density at radius 1 is 1.10 bits per heavy atom. The maximum Gasteiger partial charge on any atom is 0.274 e. The molecule has 0 radical (unpaired) electrons. The van der Waals surface area contributed by atoms with Crippen LogP contribution in [0.25, 0.3) is 5.82 Å². The van der Waals surface area contributed by atoms with E-state index >= 15 is 0 Å². The van der Waals surface area contributed by atoms with Crippen molar-refractivity contribution in [3.63, 3.8) is 0 Å². The van der Waals surface area contributed by atoms with Gasteiger partial charge in [-0.25, -0.2) is 9.67 Å². The molecule has 150 valence electrons. The second-order valence-electron chi connectivity index (χ2n) is 6.36. The number of hydrogen-bond donors (Lipinski definition) is 1. The van der Waals surface area contributed by atoms with Crippen LogP contribution in [-0.2, 0) is 0 Å². The van der Waals surface area contributed by atoms with Crippen molar-refractivity contribution < 1.29 is 9.59 Å². The number of nitrogens with zero attached hydrogens (tertiary/aromatic N) is 4. The molecule has 1 aromatic carbocycles. The summed E-state index contributed by atoms with van der Waals surface area (Å²) in [6.45, 7) is 1.74. The van der Waals surface area contributed by atoms with Crippen LogP contribution < -0.4 is 5.32 Å². The van der Waals surface area contributed by atoms with Crippen LogP contribution in [0, 0.1) is 6.92 Å². The summed E-state index contributed by atoms with van der Waals surface area (Å²) in [7, 11) is 3.18. The van der Waals surface area contributed by atoms with Gasteiger partial charge < -0.3 is 10.2 Å². The Hall–Kier alpha value is -2.61. The molecule has 0 aliphatic carbocycles. The van der Waals surface area contributed by atoms with Gasteiger partial charge in [-0.1, -0.05) is 34.8 Å². The normalized spacial score (nSPS) is 10.7. The molecule has 2 heterocycles. The van der Waals surface area contributed by atoms with Crippen molar-refractivity contribution in [1.82, 2.24) is 19.7 Å². The summed E-state index contributed by atoms with van der Waals surface area (Å²) in [5.41, 5.74) is 1.08. The first-order chi connectivity index (χ1) is 13.7.